The normalized spacial score (nSPS) is 10.4. The van der Waals surface area contributed by atoms with Gasteiger partial charge in [0, 0.05) is 8.80 Å². The molecule has 0 aliphatic carbocycles. The summed E-state index contributed by atoms with van der Waals surface area (Å²) >= 11 is 0. The lowest BCUT2D eigenvalue weighted by Crippen LogP contribution is -1.84. The standard InChI is InChI=1S/C10H20.C3H9Si/c1-3-5-7-9-10-8-6-4-2;1-4(2)3/h7,9H,3-6,8,10H2,1-2H3;1-3H3/b9-7-;. The van der Waals surface area contributed by atoms with Crippen molar-refractivity contribution in [2.45, 2.75) is 72.0 Å². The quantitative estimate of drug-likeness (QED) is 0.319. The molecule has 1 heteroatoms. The van der Waals surface area contributed by atoms with Gasteiger partial charge in [0.05, 0.1) is 0 Å². The van der Waals surface area contributed by atoms with Crippen molar-refractivity contribution in [3.8, 4) is 0 Å². The van der Waals surface area contributed by atoms with Crippen molar-refractivity contribution in [2.24, 2.45) is 0 Å². The van der Waals surface area contributed by atoms with E-state index in [1.807, 2.05) is 0 Å². The zero-order valence-corrected chi connectivity index (χ0v) is 11.9. The predicted octanol–water partition coefficient (Wildman–Crippen LogP) is 5.29. The molecule has 0 saturated heterocycles. The summed E-state index contributed by atoms with van der Waals surface area (Å²) in [5.41, 5.74) is 0. The van der Waals surface area contributed by atoms with Crippen LogP contribution in [0.1, 0.15) is 52.4 Å². The summed E-state index contributed by atoms with van der Waals surface area (Å²) in [6.07, 6.45) is 12.5. The predicted molar refractivity (Wildman–Crippen MR) is 71.5 cm³/mol. The van der Waals surface area contributed by atoms with Crippen LogP contribution in [0.25, 0.3) is 0 Å². The lowest BCUT2D eigenvalue weighted by Gasteiger charge is -1.90. The summed E-state index contributed by atoms with van der Waals surface area (Å²) in [7, 11) is 0.120. The molecule has 14 heavy (non-hydrogen) atoms. The fourth-order valence-electron chi connectivity index (χ4n) is 0.915. The van der Waals surface area contributed by atoms with Gasteiger partial charge in [-0.25, -0.2) is 0 Å². The van der Waals surface area contributed by atoms with E-state index in [0.29, 0.717) is 0 Å². The molecule has 85 valence electrons. The zero-order valence-electron chi connectivity index (χ0n) is 10.9. The van der Waals surface area contributed by atoms with Crippen LogP contribution in [0.4, 0.5) is 0 Å². The van der Waals surface area contributed by atoms with Crippen LogP contribution >= 0.6 is 0 Å². The Morgan fingerprint density at radius 1 is 0.786 bits per heavy atom. The lowest BCUT2D eigenvalue weighted by molar-refractivity contribution is 0.727. The first-order valence-corrected chi connectivity index (χ1v) is 9.06. The molecule has 0 rings (SSSR count). The molecule has 0 aromatic rings. The number of unbranched alkanes of at least 4 members (excludes halogenated alkanes) is 4. The third kappa shape index (κ3) is 29.7. The van der Waals surface area contributed by atoms with E-state index in [2.05, 4.69) is 45.6 Å². The monoisotopic (exact) mass is 213 g/mol. The van der Waals surface area contributed by atoms with E-state index < -0.39 is 0 Å². The summed E-state index contributed by atoms with van der Waals surface area (Å²) in [6.45, 7) is 11.3. The molecule has 0 fully saturated rings. The molecule has 0 heterocycles. The van der Waals surface area contributed by atoms with Crippen LogP contribution in [-0.2, 0) is 0 Å². The summed E-state index contributed by atoms with van der Waals surface area (Å²) in [5, 5.41) is 0. The van der Waals surface area contributed by atoms with Gasteiger partial charge in [0.2, 0.25) is 0 Å². The van der Waals surface area contributed by atoms with Gasteiger partial charge in [0.15, 0.2) is 0 Å². The topological polar surface area (TPSA) is 0 Å². The van der Waals surface area contributed by atoms with Crippen molar-refractivity contribution in [1.82, 2.24) is 0 Å². The molecule has 0 bridgehead atoms. The zero-order chi connectivity index (χ0) is 11.2. The highest BCUT2D eigenvalue weighted by Crippen LogP contribution is 2.00. The third-order valence-electron chi connectivity index (χ3n) is 1.60. The molecule has 0 atom stereocenters. The molecule has 0 aromatic carbocycles. The first kappa shape index (κ1) is 16.4. The van der Waals surface area contributed by atoms with Gasteiger partial charge in [-0.05, 0) is 19.3 Å². The molecule has 0 amide bonds. The second-order valence-electron chi connectivity index (χ2n) is 4.26. The van der Waals surface area contributed by atoms with Crippen molar-refractivity contribution < 1.29 is 0 Å². The fourth-order valence-corrected chi connectivity index (χ4v) is 0.915. The van der Waals surface area contributed by atoms with Crippen molar-refractivity contribution in [3.05, 3.63) is 12.2 Å². The van der Waals surface area contributed by atoms with Gasteiger partial charge in [-0.3, -0.25) is 0 Å². The largest absolute Gasteiger partial charge is 0.0885 e. The number of rotatable bonds is 6. The average Bonchev–Trinajstić information content (AvgIpc) is 2.10. The van der Waals surface area contributed by atoms with E-state index in [1.54, 1.807) is 0 Å². The third-order valence-corrected chi connectivity index (χ3v) is 1.60. The minimum absolute atomic E-state index is 0.120. The van der Waals surface area contributed by atoms with E-state index in [4.69, 9.17) is 0 Å². The smallest absolute Gasteiger partial charge is 0.0379 e. The van der Waals surface area contributed by atoms with Gasteiger partial charge < -0.3 is 0 Å². The minimum atomic E-state index is 0.120. The number of allylic oxidation sites excluding steroid dienone is 2. The van der Waals surface area contributed by atoms with Crippen LogP contribution in [0.5, 0.6) is 0 Å². The second kappa shape index (κ2) is 15.4. The number of hydrogen-bond donors (Lipinski definition) is 0. The molecule has 0 nitrogen and oxygen atoms in total. The van der Waals surface area contributed by atoms with Gasteiger partial charge in [0.1, 0.15) is 0 Å². The number of hydrogen-bond acceptors (Lipinski definition) is 0. The lowest BCUT2D eigenvalue weighted by atomic mass is 10.2. The fraction of sp³-hybridized carbons (Fsp3) is 0.846. The Kier molecular flexibility index (Phi) is 18.1. The second-order valence-corrected chi connectivity index (χ2v) is 7.26. The van der Waals surface area contributed by atoms with Crippen LogP contribution in [0, 0.1) is 0 Å². The molecule has 0 N–H and O–H groups in total. The van der Waals surface area contributed by atoms with E-state index >= 15 is 0 Å². The molecular weight excluding hydrogens is 184 g/mol. The van der Waals surface area contributed by atoms with Crippen molar-refractivity contribution in [1.29, 1.82) is 0 Å². The maximum absolute atomic E-state index is 2.32. The maximum Gasteiger partial charge on any atom is 0.0379 e. The van der Waals surface area contributed by atoms with E-state index in [9.17, 15) is 0 Å². The minimum Gasteiger partial charge on any atom is -0.0885 e. The van der Waals surface area contributed by atoms with Crippen LogP contribution in [0.2, 0.25) is 19.6 Å². The Morgan fingerprint density at radius 2 is 1.29 bits per heavy atom. The van der Waals surface area contributed by atoms with E-state index in [0.717, 1.165) is 0 Å². The molecule has 0 aliphatic heterocycles. The van der Waals surface area contributed by atoms with Gasteiger partial charge >= 0.3 is 0 Å². The Bertz CT molecular complexity index is 103. The maximum atomic E-state index is 2.32. The molecule has 0 aliphatic rings. The highest BCUT2D eigenvalue weighted by atomic mass is 28.3. The van der Waals surface area contributed by atoms with E-state index in [-0.39, 0.29) is 8.80 Å². The first-order valence-electron chi connectivity index (χ1n) is 6.06. The summed E-state index contributed by atoms with van der Waals surface area (Å²) < 4.78 is 0. The molecular formula is C13H29Si. The van der Waals surface area contributed by atoms with Gasteiger partial charge in [-0.1, -0.05) is 64.9 Å². The average molecular weight is 213 g/mol. The van der Waals surface area contributed by atoms with Gasteiger partial charge in [-0.2, -0.15) is 0 Å². The summed E-state index contributed by atoms with van der Waals surface area (Å²) in [4.78, 5) is 0. The summed E-state index contributed by atoms with van der Waals surface area (Å²) in [5.74, 6) is 0. The summed E-state index contributed by atoms with van der Waals surface area (Å²) in [6, 6.07) is 0. The van der Waals surface area contributed by atoms with Crippen LogP contribution in [-0.4, -0.2) is 8.80 Å². The van der Waals surface area contributed by atoms with Gasteiger partial charge in [-0.15, -0.1) is 0 Å². The highest BCUT2D eigenvalue weighted by molar-refractivity contribution is 6.54. The van der Waals surface area contributed by atoms with Gasteiger partial charge in [0.25, 0.3) is 0 Å². The Hall–Kier alpha value is -0.0431. The SMILES string of the molecule is CCC/C=C\CCCCC.C[Si](C)C. The Morgan fingerprint density at radius 3 is 1.71 bits per heavy atom. The van der Waals surface area contributed by atoms with Crippen LogP contribution < -0.4 is 0 Å². The highest BCUT2D eigenvalue weighted by Gasteiger charge is 1.80. The molecule has 0 unspecified atom stereocenters. The van der Waals surface area contributed by atoms with Crippen LogP contribution in [0.3, 0.4) is 0 Å². The Balaban J connectivity index is 0. The van der Waals surface area contributed by atoms with E-state index in [1.165, 1.54) is 38.5 Å². The molecule has 0 aromatic heterocycles. The Labute approximate surface area is 93.4 Å². The van der Waals surface area contributed by atoms with Crippen molar-refractivity contribution >= 4 is 8.80 Å². The molecule has 1 radical (unpaired) electrons. The van der Waals surface area contributed by atoms with Crippen molar-refractivity contribution in [3.63, 3.8) is 0 Å². The van der Waals surface area contributed by atoms with Crippen molar-refractivity contribution in [2.75, 3.05) is 0 Å². The molecule has 0 saturated carbocycles. The first-order chi connectivity index (χ1) is 6.65. The van der Waals surface area contributed by atoms with Crippen LogP contribution in [0.15, 0.2) is 12.2 Å². The molecule has 0 spiro atoms.